The van der Waals surface area contributed by atoms with E-state index in [2.05, 4.69) is 10.5 Å². The second-order valence-electron chi connectivity index (χ2n) is 5.41. The molecule has 0 saturated heterocycles. The molecule has 0 fully saturated rings. The summed E-state index contributed by atoms with van der Waals surface area (Å²) in [5.41, 5.74) is 0.274. The van der Waals surface area contributed by atoms with E-state index in [1.807, 2.05) is 38.3 Å². The summed E-state index contributed by atoms with van der Waals surface area (Å²) in [6, 6.07) is 5.28. The fraction of sp³-hybridized carbons (Fsp3) is 0.467. The minimum absolute atomic E-state index is 0.159. The topological polar surface area (TPSA) is 75.4 Å². The number of nitrogens with one attached hydrogen (secondary N) is 1. The van der Waals surface area contributed by atoms with Gasteiger partial charge < -0.3 is 14.9 Å². The van der Waals surface area contributed by atoms with E-state index in [-0.39, 0.29) is 23.6 Å². The first-order chi connectivity index (χ1) is 9.97. The number of hydrogen-bond donors (Lipinski definition) is 2. The average molecular weight is 308 g/mol. The van der Waals surface area contributed by atoms with Crippen molar-refractivity contribution in [3.8, 4) is 0 Å². The lowest BCUT2D eigenvalue weighted by atomic mass is 10.1. The van der Waals surface area contributed by atoms with Crippen LogP contribution in [0.25, 0.3) is 0 Å². The predicted octanol–water partition coefficient (Wildman–Crippen LogP) is 3.10. The molecule has 114 valence electrons. The highest BCUT2D eigenvalue weighted by Gasteiger charge is 2.19. The molecule has 0 radical (unpaired) electrons. The minimum Gasteiger partial charge on any atom is -0.387 e. The maximum Gasteiger partial charge on any atom is 0.273 e. The summed E-state index contributed by atoms with van der Waals surface area (Å²) in [6.45, 7) is 5.81. The van der Waals surface area contributed by atoms with Crippen molar-refractivity contribution in [1.29, 1.82) is 0 Å². The molecule has 2 rings (SSSR count). The lowest BCUT2D eigenvalue weighted by Gasteiger charge is -2.16. The van der Waals surface area contributed by atoms with Crippen LogP contribution in [-0.2, 0) is 0 Å². The van der Waals surface area contributed by atoms with Gasteiger partial charge >= 0.3 is 0 Å². The highest BCUT2D eigenvalue weighted by molar-refractivity contribution is 7.10. The van der Waals surface area contributed by atoms with Gasteiger partial charge in [0, 0.05) is 22.9 Å². The van der Waals surface area contributed by atoms with Crippen LogP contribution in [0.3, 0.4) is 0 Å². The van der Waals surface area contributed by atoms with Crippen LogP contribution in [-0.4, -0.2) is 22.2 Å². The molecule has 1 amide bonds. The van der Waals surface area contributed by atoms with Crippen LogP contribution in [0.15, 0.2) is 28.1 Å². The summed E-state index contributed by atoms with van der Waals surface area (Å²) in [6.07, 6.45) is -0.106. The number of aromatic nitrogens is 1. The van der Waals surface area contributed by atoms with Crippen molar-refractivity contribution in [1.82, 2.24) is 10.5 Å². The highest BCUT2D eigenvalue weighted by atomic mass is 32.1. The molecule has 2 atom stereocenters. The lowest BCUT2D eigenvalue weighted by Crippen LogP contribution is -2.33. The first kappa shape index (κ1) is 15.7. The maximum atomic E-state index is 12.0. The second-order valence-corrected chi connectivity index (χ2v) is 6.39. The van der Waals surface area contributed by atoms with Crippen molar-refractivity contribution < 1.29 is 14.4 Å². The highest BCUT2D eigenvalue weighted by Crippen LogP contribution is 2.23. The van der Waals surface area contributed by atoms with Crippen LogP contribution >= 0.6 is 11.3 Å². The molecule has 2 aromatic heterocycles. The van der Waals surface area contributed by atoms with Gasteiger partial charge in [-0.1, -0.05) is 25.1 Å². The largest absolute Gasteiger partial charge is 0.387 e. The maximum absolute atomic E-state index is 12.0. The Morgan fingerprint density at radius 3 is 2.81 bits per heavy atom. The summed E-state index contributed by atoms with van der Waals surface area (Å²) >= 11 is 1.50. The van der Waals surface area contributed by atoms with Gasteiger partial charge in [0.05, 0.1) is 6.10 Å². The zero-order valence-electron chi connectivity index (χ0n) is 12.4. The molecule has 21 heavy (non-hydrogen) atoms. The van der Waals surface area contributed by atoms with Gasteiger partial charge in [0.2, 0.25) is 0 Å². The lowest BCUT2D eigenvalue weighted by molar-refractivity contribution is 0.0909. The molecular formula is C15H20N2O3S. The van der Waals surface area contributed by atoms with Crippen LogP contribution in [0.1, 0.15) is 60.3 Å². The fourth-order valence-electron chi connectivity index (χ4n) is 1.96. The number of nitrogens with zero attached hydrogens (tertiary/aromatic N) is 1. The molecule has 5 nitrogen and oxygen atoms in total. The van der Waals surface area contributed by atoms with E-state index in [0.29, 0.717) is 12.2 Å². The molecule has 2 aromatic rings. The summed E-state index contributed by atoms with van der Waals surface area (Å²) in [5.74, 6) is 0.597. The summed E-state index contributed by atoms with van der Waals surface area (Å²) in [7, 11) is 0. The average Bonchev–Trinajstić information content (AvgIpc) is 3.10. The first-order valence-electron chi connectivity index (χ1n) is 6.96. The van der Waals surface area contributed by atoms with Crippen molar-refractivity contribution in [2.75, 3.05) is 0 Å². The van der Waals surface area contributed by atoms with Gasteiger partial charge in [-0.25, -0.2) is 0 Å². The Kier molecular flexibility index (Phi) is 5.14. The Bertz CT molecular complexity index is 578. The van der Waals surface area contributed by atoms with Crippen LogP contribution in [0.2, 0.25) is 0 Å². The number of hydrogen-bond acceptors (Lipinski definition) is 5. The van der Waals surface area contributed by atoms with Gasteiger partial charge in [-0.15, -0.1) is 11.3 Å². The van der Waals surface area contributed by atoms with Gasteiger partial charge in [-0.2, -0.15) is 0 Å². The third-order valence-electron chi connectivity index (χ3n) is 3.16. The van der Waals surface area contributed by atoms with Gasteiger partial charge in [-0.3, -0.25) is 4.79 Å². The van der Waals surface area contributed by atoms with E-state index in [4.69, 9.17) is 4.52 Å². The zero-order valence-corrected chi connectivity index (χ0v) is 13.2. The smallest absolute Gasteiger partial charge is 0.273 e. The molecule has 2 unspecified atom stereocenters. The van der Waals surface area contributed by atoms with E-state index in [9.17, 15) is 9.90 Å². The Hall–Kier alpha value is -1.66. The Labute approximate surface area is 128 Å². The van der Waals surface area contributed by atoms with E-state index >= 15 is 0 Å². The van der Waals surface area contributed by atoms with Crippen molar-refractivity contribution >= 4 is 17.2 Å². The van der Waals surface area contributed by atoms with E-state index in [0.717, 1.165) is 4.88 Å². The van der Waals surface area contributed by atoms with Crippen LogP contribution in [0, 0.1) is 0 Å². The quantitative estimate of drug-likeness (QED) is 0.860. The van der Waals surface area contributed by atoms with Crippen molar-refractivity contribution in [2.45, 2.75) is 45.3 Å². The SMILES string of the molecule is CC(CC(O)c1cccs1)NC(=O)c1cc(C(C)C)on1. The molecule has 6 heteroatoms. The van der Waals surface area contributed by atoms with Crippen molar-refractivity contribution in [2.24, 2.45) is 0 Å². The molecule has 0 aromatic carbocycles. The van der Waals surface area contributed by atoms with Crippen molar-refractivity contribution in [3.63, 3.8) is 0 Å². The van der Waals surface area contributed by atoms with E-state index in [1.54, 1.807) is 6.07 Å². The molecule has 0 saturated carbocycles. The third kappa shape index (κ3) is 4.15. The van der Waals surface area contributed by atoms with Crippen LogP contribution in [0.5, 0.6) is 0 Å². The molecule has 0 spiro atoms. The Morgan fingerprint density at radius 1 is 1.48 bits per heavy atom. The number of aliphatic hydroxyl groups is 1. The molecule has 0 aliphatic rings. The number of rotatable bonds is 6. The molecule has 0 bridgehead atoms. The van der Waals surface area contributed by atoms with E-state index < -0.39 is 6.10 Å². The number of aliphatic hydroxyl groups excluding tert-OH is 1. The standard InChI is InChI=1S/C15H20N2O3S/c1-9(2)13-8-11(17-20-13)15(19)16-10(3)7-12(18)14-5-4-6-21-14/h4-6,8-10,12,18H,7H2,1-3H3,(H,16,19). The van der Waals surface area contributed by atoms with Gasteiger partial charge in [-0.05, 0) is 24.8 Å². The summed E-state index contributed by atoms with van der Waals surface area (Å²) < 4.78 is 5.11. The second kappa shape index (κ2) is 6.87. The van der Waals surface area contributed by atoms with Crippen LogP contribution < -0.4 is 5.32 Å². The van der Waals surface area contributed by atoms with Crippen molar-refractivity contribution in [3.05, 3.63) is 39.9 Å². The summed E-state index contributed by atoms with van der Waals surface area (Å²) in [4.78, 5) is 12.9. The normalized spacial score (nSPS) is 14.1. The van der Waals surface area contributed by atoms with Gasteiger partial charge in [0.1, 0.15) is 5.76 Å². The molecular weight excluding hydrogens is 288 g/mol. The van der Waals surface area contributed by atoms with Gasteiger partial charge in [0.25, 0.3) is 5.91 Å². The number of amides is 1. The fourth-order valence-corrected chi connectivity index (χ4v) is 2.68. The van der Waals surface area contributed by atoms with E-state index in [1.165, 1.54) is 11.3 Å². The molecule has 2 heterocycles. The van der Waals surface area contributed by atoms with Gasteiger partial charge in [0.15, 0.2) is 5.69 Å². The number of thiophene rings is 1. The van der Waals surface area contributed by atoms with Crippen LogP contribution in [0.4, 0.5) is 0 Å². The molecule has 2 N–H and O–H groups in total. The Morgan fingerprint density at radius 2 is 2.24 bits per heavy atom. The third-order valence-corrected chi connectivity index (χ3v) is 4.13. The molecule has 0 aliphatic heterocycles. The monoisotopic (exact) mass is 308 g/mol. The zero-order chi connectivity index (χ0) is 15.4. The molecule has 0 aliphatic carbocycles. The summed E-state index contributed by atoms with van der Waals surface area (Å²) in [5, 5.41) is 18.6. The minimum atomic E-state index is -0.566. The predicted molar refractivity (Wildman–Crippen MR) is 81.4 cm³/mol. The number of carbonyl (C=O) groups is 1. The Balaban J connectivity index is 1.89. The first-order valence-corrected chi connectivity index (χ1v) is 7.84. The number of carbonyl (C=O) groups excluding carboxylic acids is 1.